The van der Waals surface area contributed by atoms with Crippen molar-refractivity contribution in [3.63, 3.8) is 0 Å². The molecule has 1 aliphatic carbocycles. The zero-order chi connectivity index (χ0) is 27.5. The number of anilines is 2. The van der Waals surface area contributed by atoms with Crippen molar-refractivity contribution in [1.82, 2.24) is 20.3 Å². The van der Waals surface area contributed by atoms with Crippen LogP contribution in [0.25, 0.3) is 22.0 Å². The molecule has 1 aliphatic heterocycles. The number of nitrogens with zero attached hydrogens (tertiary/aromatic N) is 3. The molecule has 0 bridgehead atoms. The third-order valence-corrected chi connectivity index (χ3v) is 8.20. The van der Waals surface area contributed by atoms with Gasteiger partial charge < -0.3 is 20.7 Å². The van der Waals surface area contributed by atoms with Gasteiger partial charge in [0.25, 0.3) is 0 Å². The fourth-order valence-electron chi connectivity index (χ4n) is 5.94. The second-order valence-electron chi connectivity index (χ2n) is 11.0. The molecule has 1 amide bonds. The minimum Gasteiger partial charge on any atom is -0.437 e. The summed E-state index contributed by atoms with van der Waals surface area (Å²) in [4.78, 5) is 26.9. The molecule has 40 heavy (non-hydrogen) atoms. The van der Waals surface area contributed by atoms with Gasteiger partial charge in [-0.25, -0.2) is 15.0 Å². The van der Waals surface area contributed by atoms with E-state index in [1.807, 2.05) is 55.5 Å². The number of carbonyl (C=O) groups is 1. The summed E-state index contributed by atoms with van der Waals surface area (Å²) in [6.45, 7) is 6.14. The lowest BCUT2D eigenvalue weighted by molar-refractivity contribution is -0.120. The molecule has 2 fully saturated rings. The quantitative estimate of drug-likeness (QED) is 0.254. The minimum atomic E-state index is 0.0640. The topological polar surface area (TPSA) is 101 Å². The molecule has 3 atom stereocenters. The first-order valence-corrected chi connectivity index (χ1v) is 14.3. The Labute approximate surface area is 235 Å². The maximum absolute atomic E-state index is 13.1. The van der Waals surface area contributed by atoms with Crippen LogP contribution in [0.15, 0.2) is 60.9 Å². The van der Waals surface area contributed by atoms with Crippen LogP contribution in [0.2, 0.25) is 0 Å². The van der Waals surface area contributed by atoms with Gasteiger partial charge in [-0.05, 0) is 74.9 Å². The zero-order valence-corrected chi connectivity index (χ0v) is 23.1. The van der Waals surface area contributed by atoms with Crippen LogP contribution in [-0.2, 0) is 4.79 Å². The van der Waals surface area contributed by atoms with Crippen molar-refractivity contribution < 1.29 is 9.53 Å². The normalized spacial score (nSPS) is 20.8. The summed E-state index contributed by atoms with van der Waals surface area (Å²) in [5, 5.41) is 11.9. The van der Waals surface area contributed by atoms with Crippen LogP contribution >= 0.6 is 0 Å². The molecule has 6 rings (SSSR count). The Morgan fingerprint density at radius 1 is 0.975 bits per heavy atom. The Balaban J connectivity index is 1.30. The van der Waals surface area contributed by atoms with E-state index in [1.54, 1.807) is 12.4 Å². The Morgan fingerprint density at radius 2 is 1.90 bits per heavy atom. The van der Waals surface area contributed by atoms with E-state index >= 15 is 0 Å². The Morgan fingerprint density at radius 3 is 2.73 bits per heavy atom. The highest BCUT2D eigenvalue weighted by Gasteiger charge is 2.30. The molecule has 0 radical (unpaired) electrons. The summed E-state index contributed by atoms with van der Waals surface area (Å²) in [6.07, 6.45) is 8.88. The van der Waals surface area contributed by atoms with Gasteiger partial charge in [0.05, 0.1) is 11.3 Å². The van der Waals surface area contributed by atoms with Crippen molar-refractivity contribution in [1.29, 1.82) is 0 Å². The number of fused-ring (bicyclic) bond motifs is 1. The lowest BCUT2D eigenvalue weighted by Crippen LogP contribution is -2.38. The SMILES string of the molecule is Cc1ccc2c(NC(=O)[C@@H]3CCCC3C)cccc2c1Oc1ncccc1-c1ccnc(NC2CCCNC2)n1. The molecular weight excluding hydrogens is 500 g/mol. The average molecular weight is 537 g/mol. The second kappa shape index (κ2) is 11.6. The minimum absolute atomic E-state index is 0.0640. The van der Waals surface area contributed by atoms with Crippen molar-refractivity contribution in [2.75, 3.05) is 23.7 Å². The number of amides is 1. The number of carbonyl (C=O) groups excluding carboxylic acids is 1. The summed E-state index contributed by atoms with van der Waals surface area (Å²) in [5.41, 5.74) is 3.30. The van der Waals surface area contributed by atoms with Gasteiger partial charge in [0.2, 0.25) is 17.7 Å². The van der Waals surface area contributed by atoms with Gasteiger partial charge in [-0.2, -0.15) is 0 Å². The van der Waals surface area contributed by atoms with Crippen LogP contribution in [0.1, 0.15) is 44.6 Å². The molecule has 206 valence electrons. The summed E-state index contributed by atoms with van der Waals surface area (Å²) >= 11 is 0. The lowest BCUT2D eigenvalue weighted by atomic mass is 9.97. The molecule has 8 nitrogen and oxygen atoms in total. The molecule has 3 heterocycles. The fraction of sp³-hybridized carbons (Fsp3) is 0.375. The number of rotatable bonds is 7. The summed E-state index contributed by atoms with van der Waals surface area (Å²) < 4.78 is 6.56. The number of ether oxygens (including phenoxy) is 1. The largest absolute Gasteiger partial charge is 0.437 e. The van der Waals surface area contributed by atoms with Crippen LogP contribution in [0, 0.1) is 18.8 Å². The van der Waals surface area contributed by atoms with E-state index in [0.29, 0.717) is 29.5 Å². The molecule has 2 aromatic heterocycles. The van der Waals surface area contributed by atoms with Crippen LogP contribution in [0.4, 0.5) is 11.6 Å². The van der Waals surface area contributed by atoms with Crippen molar-refractivity contribution in [3.05, 3.63) is 66.5 Å². The van der Waals surface area contributed by atoms with Crippen molar-refractivity contribution in [2.24, 2.45) is 11.8 Å². The van der Waals surface area contributed by atoms with Gasteiger partial charge in [0.15, 0.2) is 0 Å². The molecule has 2 aliphatic rings. The van der Waals surface area contributed by atoms with E-state index in [-0.39, 0.29) is 11.8 Å². The smallest absolute Gasteiger partial charge is 0.228 e. The van der Waals surface area contributed by atoms with Crippen LogP contribution in [-0.4, -0.2) is 40.0 Å². The third-order valence-electron chi connectivity index (χ3n) is 8.20. The molecular formula is C32H36N6O2. The number of aromatic nitrogens is 3. The van der Waals surface area contributed by atoms with E-state index in [2.05, 4.69) is 32.8 Å². The molecule has 1 saturated heterocycles. The molecule has 8 heteroatoms. The molecule has 2 unspecified atom stereocenters. The van der Waals surface area contributed by atoms with Crippen molar-refractivity contribution >= 4 is 28.3 Å². The molecule has 4 aromatic rings. The summed E-state index contributed by atoms with van der Waals surface area (Å²) in [7, 11) is 0. The summed E-state index contributed by atoms with van der Waals surface area (Å²) in [6, 6.07) is 16.1. The molecule has 2 aromatic carbocycles. The standard InChI is InChI=1S/C32H36N6O2/c1-20-7-3-9-23(20)30(39)37-27-12-4-10-25-24(27)14-13-21(2)29(25)40-31-26(11-6-17-34-31)28-15-18-35-32(38-28)36-22-8-5-16-33-19-22/h4,6,10-15,17-18,20,22-23,33H,3,5,7-9,16,19H2,1-2H3,(H,37,39)(H,35,36,38)/t20?,22?,23-/m1/s1. The fourth-order valence-corrected chi connectivity index (χ4v) is 5.94. The number of benzene rings is 2. The first-order valence-electron chi connectivity index (χ1n) is 14.3. The van der Waals surface area contributed by atoms with Crippen LogP contribution < -0.4 is 20.7 Å². The molecule has 0 spiro atoms. The van der Waals surface area contributed by atoms with E-state index in [9.17, 15) is 4.79 Å². The van der Waals surface area contributed by atoms with Gasteiger partial charge in [0.1, 0.15) is 5.75 Å². The number of pyridine rings is 1. The third kappa shape index (κ3) is 5.49. The first-order chi connectivity index (χ1) is 19.6. The predicted molar refractivity (Wildman–Crippen MR) is 159 cm³/mol. The number of aryl methyl sites for hydroxylation is 1. The maximum atomic E-state index is 13.1. The highest BCUT2D eigenvalue weighted by Crippen LogP contribution is 2.39. The number of hydrogen-bond acceptors (Lipinski definition) is 7. The van der Waals surface area contributed by atoms with E-state index in [0.717, 1.165) is 78.5 Å². The Bertz CT molecular complexity index is 1520. The van der Waals surface area contributed by atoms with Crippen LogP contribution in [0.3, 0.4) is 0 Å². The van der Waals surface area contributed by atoms with Gasteiger partial charge in [-0.15, -0.1) is 0 Å². The number of nitrogens with one attached hydrogen (secondary N) is 3. The molecule has 3 N–H and O–H groups in total. The van der Waals surface area contributed by atoms with Gasteiger partial charge >= 0.3 is 0 Å². The highest BCUT2D eigenvalue weighted by atomic mass is 16.5. The Hall–Kier alpha value is -4.04. The van der Waals surface area contributed by atoms with Gasteiger partial charge in [0, 0.05) is 47.4 Å². The summed E-state index contributed by atoms with van der Waals surface area (Å²) in [5.74, 6) is 2.36. The van der Waals surface area contributed by atoms with Crippen molar-refractivity contribution in [2.45, 2.75) is 52.0 Å². The Kier molecular flexibility index (Phi) is 7.60. The average Bonchev–Trinajstić information content (AvgIpc) is 3.41. The first kappa shape index (κ1) is 26.2. The lowest BCUT2D eigenvalue weighted by Gasteiger charge is -2.23. The second-order valence-corrected chi connectivity index (χ2v) is 11.0. The predicted octanol–water partition coefficient (Wildman–Crippen LogP) is 6.33. The highest BCUT2D eigenvalue weighted by molar-refractivity contribution is 6.05. The zero-order valence-electron chi connectivity index (χ0n) is 23.1. The monoisotopic (exact) mass is 536 g/mol. The van der Waals surface area contributed by atoms with Crippen molar-refractivity contribution in [3.8, 4) is 22.9 Å². The van der Waals surface area contributed by atoms with E-state index in [1.165, 1.54) is 0 Å². The van der Waals surface area contributed by atoms with Gasteiger partial charge in [-0.3, -0.25) is 4.79 Å². The maximum Gasteiger partial charge on any atom is 0.228 e. The van der Waals surface area contributed by atoms with Gasteiger partial charge in [-0.1, -0.05) is 37.6 Å². The van der Waals surface area contributed by atoms with E-state index in [4.69, 9.17) is 9.72 Å². The van der Waals surface area contributed by atoms with Crippen LogP contribution in [0.5, 0.6) is 11.6 Å². The number of piperidine rings is 1. The van der Waals surface area contributed by atoms with E-state index < -0.39 is 0 Å². The molecule has 1 saturated carbocycles. The number of hydrogen-bond donors (Lipinski definition) is 3.